The number of amides is 1. The Morgan fingerprint density at radius 2 is 1.88 bits per heavy atom. The summed E-state index contributed by atoms with van der Waals surface area (Å²) < 4.78 is 2.03. The van der Waals surface area contributed by atoms with E-state index in [1.54, 1.807) is 0 Å². The largest absolute Gasteiger partial charge is 0.391 e. The Labute approximate surface area is 142 Å². The molecule has 1 aromatic carbocycles. The van der Waals surface area contributed by atoms with Gasteiger partial charge >= 0.3 is 0 Å². The molecule has 1 aromatic heterocycles. The molecular formula is C19H25N3O2. The van der Waals surface area contributed by atoms with Crippen LogP contribution < -0.4 is 0 Å². The van der Waals surface area contributed by atoms with Crippen LogP contribution in [0.1, 0.15) is 19.3 Å². The van der Waals surface area contributed by atoms with Gasteiger partial charge in [0.25, 0.3) is 0 Å². The Morgan fingerprint density at radius 3 is 2.62 bits per heavy atom. The van der Waals surface area contributed by atoms with Gasteiger partial charge in [-0.2, -0.15) is 0 Å². The van der Waals surface area contributed by atoms with Crippen LogP contribution >= 0.6 is 0 Å². The highest BCUT2D eigenvalue weighted by molar-refractivity contribution is 5.83. The molecule has 2 fully saturated rings. The molecule has 2 heterocycles. The third kappa shape index (κ3) is 2.94. The number of aromatic nitrogens is 1. The molecule has 2 atom stereocenters. The van der Waals surface area contributed by atoms with Crippen molar-refractivity contribution in [1.82, 2.24) is 14.4 Å². The molecule has 0 unspecified atom stereocenters. The van der Waals surface area contributed by atoms with E-state index in [4.69, 9.17) is 0 Å². The van der Waals surface area contributed by atoms with Crippen LogP contribution in [0.25, 0.3) is 10.9 Å². The maximum atomic E-state index is 12.6. The fourth-order valence-electron chi connectivity index (χ4n) is 4.17. The molecular weight excluding hydrogens is 302 g/mol. The van der Waals surface area contributed by atoms with Gasteiger partial charge in [-0.25, -0.2) is 0 Å². The summed E-state index contributed by atoms with van der Waals surface area (Å²) in [6.45, 7) is 3.68. The van der Waals surface area contributed by atoms with E-state index in [1.807, 2.05) is 27.8 Å². The Morgan fingerprint density at radius 1 is 1.08 bits per heavy atom. The van der Waals surface area contributed by atoms with Crippen molar-refractivity contribution in [3.63, 3.8) is 0 Å². The van der Waals surface area contributed by atoms with E-state index in [0.29, 0.717) is 12.6 Å². The summed E-state index contributed by atoms with van der Waals surface area (Å²) in [5.74, 6) is 0.183. The van der Waals surface area contributed by atoms with Crippen LogP contribution in [-0.4, -0.2) is 63.7 Å². The minimum absolute atomic E-state index is 0.182. The number of piperazine rings is 1. The number of hydrogen-bond acceptors (Lipinski definition) is 3. The molecule has 2 aliphatic rings. The van der Waals surface area contributed by atoms with Crippen LogP contribution in [-0.2, 0) is 11.3 Å². The van der Waals surface area contributed by atoms with Gasteiger partial charge in [-0.1, -0.05) is 18.2 Å². The van der Waals surface area contributed by atoms with E-state index in [1.165, 1.54) is 5.39 Å². The van der Waals surface area contributed by atoms with Crippen LogP contribution in [0, 0.1) is 0 Å². The highest BCUT2D eigenvalue weighted by atomic mass is 16.3. The Bertz CT molecular complexity index is 718. The molecule has 4 rings (SSSR count). The van der Waals surface area contributed by atoms with Gasteiger partial charge < -0.3 is 14.6 Å². The number of nitrogens with zero attached hydrogens (tertiary/aromatic N) is 3. The molecule has 1 saturated heterocycles. The van der Waals surface area contributed by atoms with Crippen molar-refractivity contribution < 1.29 is 9.90 Å². The molecule has 0 radical (unpaired) electrons. The van der Waals surface area contributed by atoms with Crippen LogP contribution in [0.2, 0.25) is 0 Å². The maximum absolute atomic E-state index is 12.6. The molecule has 24 heavy (non-hydrogen) atoms. The molecule has 1 aliphatic carbocycles. The summed E-state index contributed by atoms with van der Waals surface area (Å²) in [4.78, 5) is 17.0. The highest BCUT2D eigenvalue weighted by Crippen LogP contribution is 2.25. The minimum atomic E-state index is -0.182. The number of fused-ring (bicyclic) bond motifs is 1. The topological polar surface area (TPSA) is 48.7 Å². The van der Waals surface area contributed by atoms with Crippen molar-refractivity contribution in [2.75, 3.05) is 26.2 Å². The third-order valence-corrected chi connectivity index (χ3v) is 5.57. The summed E-state index contributed by atoms with van der Waals surface area (Å²) in [7, 11) is 0. The number of rotatable bonds is 3. The monoisotopic (exact) mass is 327 g/mol. The average molecular weight is 327 g/mol. The van der Waals surface area contributed by atoms with Gasteiger partial charge in [0.2, 0.25) is 5.91 Å². The molecule has 0 spiro atoms. The van der Waals surface area contributed by atoms with Crippen molar-refractivity contribution >= 4 is 16.8 Å². The van der Waals surface area contributed by atoms with Crippen molar-refractivity contribution in [2.24, 2.45) is 0 Å². The SMILES string of the molecule is O=C(Cn1ccc2ccccc21)N1CCN([C@@H]2CCC[C@H]2O)CC1. The minimum Gasteiger partial charge on any atom is -0.391 e. The van der Waals surface area contributed by atoms with E-state index < -0.39 is 0 Å². The fraction of sp³-hybridized carbons (Fsp3) is 0.526. The molecule has 5 heteroatoms. The Balaban J connectivity index is 1.36. The van der Waals surface area contributed by atoms with Gasteiger partial charge in [0.05, 0.1) is 6.10 Å². The van der Waals surface area contributed by atoms with Crippen molar-refractivity contribution in [1.29, 1.82) is 0 Å². The van der Waals surface area contributed by atoms with Gasteiger partial charge in [-0.05, 0) is 36.8 Å². The predicted octanol–water partition coefficient (Wildman–Crippen LogP) is 1.70. The average Bonchev–Trinajstić information content (AvgIpc) is 3.22. The van der Waals surface area contributed by atoms with Gasteiger partial charge in [-0.3, -0.25) is 9.69 Å². The van der Waals surface area contributed by atoms with Gasteiger partial charge in [0.15, 0.2) is 0 Å². The van der Waals surface area contributed by atoms with E-state index >= 15 is 0 Å². The summed E-state index contributed by atoms with van der Waals surface area (Å²) in [5.41, 5.74) is 1.11. The van der Waals surface area contributed by atoms with Crippen LogP contribution in [0.5, 0.6) is 0 Å². The molecule has 1 N–H and O–H groups in total. The van der Waals surface area contributed by atoms with Crippen molar-refractivity contribution in [3.05, 3.63) is 36.5 Å². The Kier molecular flexibility index (Phi) is 4.29. The fourth-order valence-corrected chi connectivity index (χ4v) is 4.17. The van der Waals surface area contributed by atoms with E-state index in [2.05, 4.69) is 23.1 Å². The van der Waals surface area contributed by atoms with Gasteiger partial charge in [0, 0.05) is 43.9 Å². The summed E-state index contributed by atoms with van der Waals surface area (Å²) in [6.07, 6.45) is 4.94. The number of hydrogen-bond donors (Lipinski definition) is 1. The summed E-state index contributed by atoms with van der Waals surface area (Å²) in [5, 5.41) is 11.2. The molecule has 1 amide bonds. The highest BCUT2D eigenvalue weighted by Gasteiger charge is 2.33. The second kappa shape index (κ2) is 6.57. The normalized spacial score (nSPS) is 25.5. The van der Waals surface area contributed by atoms with E-state index in [0.717, 1.165) is 51.0 Å². The lowest BCUT2D eigenvalue weighted by Crippen LogP contribution is -2.54. The first-order valence-corrected chi connectivity index (χ1v) is 8.96. The molecule has 2 aromatic rings. The third-order valence-electron chi connectivity index (χ3n) is 5.57. The smallest absolute Gasteiger partial charge is 0.242 e. The number of carbonyl (C=O) groups excluding carboxylic acids is 1. The molecule has 0 bridgehead atoms. The number of aliphatic hydroxyl groups excluding tert-OH is 1. The second-order valence-electron chi connectivity index (χ2n) is 6.98. The van der Waals surface area contributed by atoms with E-state index in [9.17, 15) is 9.90 Å². The summed E-state index contributed by atoms with van der Waals surface area (Å²) >= 11 is 0. The first-order valence-electron chi connectivity index (χ1n) is 8.96. The quantitative estimate of drug-likeness (QED) is 0.933. The number of benzene rings is 1. The van der Waals surface area contributed by atoms with E-state index in [-0.39, 0.29) is 12.0 Å². The standard InChI is InChI=1S/C19H25N3O2/c23-18-7-3-6-17(18)20-10-12-21(13-11-20)19(24)14-22-9-8-15-4-1-2-5-16(15)22/h1-2,4-5,8-9,17-18,23H,3,6-7,10-14H2/t17-,18-/m1/s1. The number of aliphatic hydroxyl groups is 1. The Hall–Kier alpha value is -1.85. The van der Waals surface area contributed by atoms with Crippen molar-refractivity contribution in [2.45, 2.75) is 38.0 Å². The molecule has 128 valence electrons. The molecule has 1 aliphatic heterocycles. The lowest BCUT2D eigenvalue weighted by Gasteiger charge is -2.39. The van der Waals surface area contributed by atoms with Crippen LogP contribution in [0.4, 0.5) is 0 Å². The van der Waals surface area contributed by atoms with Crippen molar-refractivity contribution in [3.8, 4) is 0 Å². The van der Waals surface area contributed by atoms with Crippen LogP contribution in [0.15, 0.2) is 36.5 Å². The molecule has 5 nitrogen and oxygen atoms in total. The lowest BCUT2D eigenvalue weighted by molar-refractivity contribution is -0.134. The summed E-state index contributed by atoms with van der Waals surface area (Å²) in [6, 6.07) is 10.5. The van der Waals surface area contributed by atoms with Gasteiger partial charge in [0.1, 0.15) is 6.54 Å². The predicted molar refractivity (Wildman–Crippen MR) is 93.7 cm³/mol. The zero-order valence-corrected chi connectivity index (χ0v) is 14.0. The molecule has 1 saturated carbocycles. The second-order valence-corrected chi connectivity index (χ2v) is 6.98. The first kappa shape index (κ1) is 15.7. The first-order chi connectivity index (χ1) is 11.7. The zero-order valence-electron chi connectivity index (χ0n) is 14.0. The van der Waals surface area contributed by atoms with Crippen LogP contribution in [0.3, 0.4) is 0 Å². The van der Waals surface area contributed by atoms with Gasteiger partial charge in [-0.15, -0.1) is 0 Å². The number of para-hydroxylation sites is 1. The maximum Gasteiger partial charge on any atom is 0.242 e. The number of carbonyl (C=O) groups is 1. The lowest BCUT2D eigenvalue weighted by atomic mass is 10.1. The zero-order chi connectivity index (χ0) is 16.5.